The molecule has 0 bridgehead atoms. The Kier molecular flexibility index (Phi) is 5.89. The average molecular weight is 420 g/mol. The van der Waals surface area contributed by atoms with Crippen molar-refractivity contribution in [3.63, 3.8) is 0 Å². The Labute approximate surface area is 180 Å². The number of rotatable bonds is 7. The van der Waals surface area contributed by atoms with Gasteiger partial charge < -0.3 is 15.2 Å². The first-order valence-electron chi connectivity index (χ1n) is 10.2. The Hall–Kier alpha value is -3.41. The molecule has 8 nitrogen and oxygen atoms in total. The molecule has 2 atom stereocenters. The van der Waals surface area contributed by atoms with Crippen molar-refractivity contribution < 1.29 is 19.5 Å². The van der Waals surface area contributed by atoms with Crippen molar-refractivity contribution in [3.8, 4) is 11.8 Å². The predicted molar refractivity (Wildman–Crippen MR) is 114 cm³/mol. The van der Waals surface area contributed by atoms with E-state index in [4.69, 9.17) is 14.7 Å². The van der Waals surface area contributed by atoms with E-state index in [2.05, 4.69) is 21.9 Å². The summed E-state index contributed by atoms with van der Waals surface area (Å²) in [6.45, 7) is 3.75. The van der Waals surface area contributed by atoms with E-state index in [0.29, 0.717) is 17.1 Å². The molecule has 0 radical (unpaired) electrons. The Bertz CT molecular complexity index is 1070. The third kappa shape index (κ3) is 4.38. The molecule has 1 aliphatic heterocycles. The molecule has 8 heteroatoms. The van der Waals surface area contributed by atoms with Crippen molar-refractivity contribution in [2.24, 2.45) is 4.99 Å². The van der Waals surface area contributed by atoms with Crippen LogP contribution in [-0.2, 0) is 16.1 Å². The average Bonchev–Trinajstić information content (AvgIpc) is 3.39. The van der Waals surface area contributed by atoms with Gasteiger partial charge in [0.1, 0.15) is 11.8 Å². The third-order valence-electron chi connectivity index (χ3n) is 5.31. The quantitative estimate of drug-likeness (QED) is 0.630. The number of hydrogen-bond acceptors (Lipinski definition) is 7. The van der Waals surface area contributed by atoms with Crippen LogP contribution in [0.15, 0.2) is 41.4 Å². The van der Waals surface area contributed by atoms with Crippen LogP contribution in [0.1, 0.15) is 60.4 Å². The minimum atomic E-state index is -0.871. The Morgan fingerprint density at radius 3 is 3.00 bits per heavy atom. The van der Waals surface area contributed by atoms with Crippen LogP contribution in [0.5, 0.6) is 5.75 Å². The van der Waals surface area contributed by atoms with Crippen LogP contribution in [0.4, 0.5) is 0 Å². The highest BCUT2D eigenvalue weighted by molar-refractivity contribution is 6.00. The molecule has 2 aromatic rings. The van der Waals surface area contributed by atoms with Crippen LogP contribution in [0.3, 0.4) is 0 Å². The van der Waals surface area contributed by atoms with Crippen LogP contribution >= 0.6 is 0 Å². The molecule has 2 aliphatic rings. The number of hydroxylamine groups is 1. The number of nitrogens with zero attached hydrogens (tertiary/aromatic N) is 2. The number of benzene rings is 2. The summed E-state index contributed by atoms with van der Waals surface area (Å²) in [5.74, 6) is 0.295. The number of hydrogen-bond donors (Lipinski definition) is 3. The van der Waals surface area contributed by atoms with Crippen molar-refractivity contribution in [2.45, 2.75) is 45.1 Å². The van der Waals surface area contributed by atoms with E-state index in [0.717, 1.165) is 35.1 Å². The maximum absolute atomic E-state index is 10.9. The molecule has 1 heterocycles. The van der Waals surface area contributed by atoms with E-state index >= 15 is 0 Å². The topological polar surface area (TPSA) is 116 Å². The van der Waals surface area contributed by atoms with E-state index in [1.54, 1.807) is 12.1 Å². The second-order valence-electron chi connectivity index (χ2n) is 7.82. The molecule has 0 aromatic heterocycles. The van der Waals surface area contributed by atoms with Crippen molar-refractivity contribution in [1.82, 2.24) is 10.8 Å². The summed E-state index contributed by atoms with van der Waals surface area (Å²) in [7, 11) is 0. The predicted octanol–water partition coefficient (Wildman–Crippen LogP) is 2.99. The van der Waals surface area contributed by atoms with E-state index in [1.165, 1.54) is 0 Å². The van der Waals surface area contributed by atoms with Gasteiger partial charge in [-0.05, 0) is 49.9 Å². The Morgan fingerprint density at radius 1 is 1.42 bits per heavy atom. The number of aliphatic imine (C=N–C) groups is 1. The summed E-state index contributed by atoms with van der Waals surface area (Å²) in [5, 5.41) is 21.5. The largest absolute Gasteiger partial charge is 0.490 e. The lowest BCUT2D eigenvalue weighted by molar-refractivity contribution is -0.136. The summed E-state index contributed by atoms with van der Waals surface area (Å²) < 4.78 is 5.68. The number of carboxylic acids is 1. The monoisotopic (exact) mass is 420 g/mol. The molecule has 31 heavy (non-hydrogen) atoms. The van der Waals surface area contributed by atoms with Gasteiger partial charge >= 0.3 is 5.97 Å². The first-order valence-corrected chi connectivity index (χ1v) is 10.2. The van der Waals surface area contributed by atoms with Crippen molar-refractivity contribution in [3.05, 3.63) is 64.2 Å². The summed E-state index contributed by atoms with van der Waals surface area (Å²) in [5.41, 5.74) is 7.29. The van der Waals surface area contributed by atoms with Gasteiger partial charge in [0.25, 0.3) is 0 Å². The molecule has 0 saturated heterocycles. The maximum Gasteiger partial charge on any atom is 0.317 e. The van der Waals surface area contributed by atoms with Gasteiger partial charge in [0.15, 0.2) is 5.84 Å². The number of ether oxygens (including phenoxy) is 1. The first-order chi connectivity index (χ1) is 15.0. The Balaban J connectivity index is 1.57. The molecule has 3 N–H and O–H groups in total. The molecule has 0 fully saturated rings. The fourth-order valence-corrected chi connectivity index (χ4v) is 3.99. The summed E-state index contributed by atoms with van der Waals surface area (Å²) in [4.78, 5) is 21.3. The highest BCUT2D eigenvalue weighted by Gasteiger charge is 2.29. The zero-order valence-corrected chi connectivity index (χ0v) is 17.4. The molecular formula is C23H24N4O4. The summed E-state index contributed by atoms with van der Waals surface area (Å²) in [6, 6.07) is 13.5. The minimum Gasteiger partial charge on any atom is -0.490 e. The molecule has 1 unspecified atom stereocenters. The second-order valence-corrected chi connectivity index (χ2v) is 7.82. The zero-order chi connectivity index (χ0) is 22.0. The summed E-state index contributed by atoms with van der Waals surface area (Å²) in [6.07, 6.45) is 1.06. The lowest BCUT2D eigenvalue weighted by atomic mass is 10.0. The number of fused-ring (bicyclic) bond motifs is 1. The molecule has 0 amide bonds. The second kappa shape index (κ2) is 8.76. The van der Waals surface area contributed by atoms with Gasteiger partial charge in [0.2, 0.25) is 6.23 Å². The van der Waals surface area contributed by atoms with Gasteiger partial charge in [-0.2, -0.15) is 5.26 Å². The SMILES string of the molecule is CC(C)Oc1ccc(C2N=C(c3cccc4c3CC[C@@H]4NCC(=O)O)NO2)cc1C#N. The number of carbonyl (C=O) groups is 1. The number of nitriles is 1. The van der Waals surface area contributed by atoms with Crippen LogP contribution in [0.2, 0.25) is 0 Å². The Morgan fingerprint density at radius 2 is 2.26 bits per heavy atom. The lowest BCUT2D eigenvalue weighted by Crippen LogP contribution is -2.26. The molecule has 4 rings (SSSR count). The van der Waals surface area contributed by atoms with Crippen molar-refractivity contribution in [1.29, 1.82) is 5.26 Å². The highest BCUT2D eigenvalue weighted by Crippen LogP contribution is 2.35. The molecule has 2 aromatic carbocycles. The lowest BCUT2D eigenvalue weighted by Gasteiger charge is -2.13. The van der Waals surface area contributed by atoms with Gasteiger partial charge in [-0.3, -0.25) is 4.79 Å². The molecule has 0 spiro atoms. The number of aliphatic carboxylic acids is 1. The highest BCUT2D eigenvalue weighted by atomic mass is 16.7. The van der Waals surface area contributed by atoms with E-state index in [-0.39, 0.29) is 18.7 Å². The fraction of sp³-hybridized carbons (Fsp3) is 0.348. The molecule has 160 valence electrons. The minimum absolute atomic E-state index is 0.0106. The van der Waals surface area contributed by atoms with Gasteiger partial charge in [-0.25, -0.2) is 15.3 Å². The zero-order valence-electron chi connectivity index (χ0n) is 17.4. The van der Waals surface area contributed by atoms with Crippen LogP contribution < -0.4 is 15.5 Å². The molecule has 0 saturated carbocycles. The van der Waals surface area contributed by atoms with Crippen LogP contribution in [0, 0.1) is 11.3 Å². The van der Waals surface area contributed by atoms with E-state index in [1.807, 2.05) is 38.1 Å². The third-order valence-corrected chi connectivity index (χ3v) is 5.31. The normalized spacial score (nSPS) is 19.5. The molecular weight excluding hydrogens is 396 g/mol. The fourth-order valence-electron chi connectivity index (χ4n) is 3.99. The van der Waals surface area contributed by atoms with Crippen LogP contribution in [0.25, 0.3) is 0 Å². The maximum atomic E-state index is 10.9. The van der Waals surface area contributed by atoms with Crippen molar-refractivity contribution in [2.75, 3.05) is 6.54 Å². The summed E-state index contributed by atoms with van der Waals surface area (Å²) >= 11 is 0. The number of carboxylic acid groups (broad SMARTS) is 1. The molecule has 1 aliphatic carbocycles. The first kappa shape index (κ1) is 20.8. The van der Waals surface area contributed by atoms with Crippen molar-refractivity contribution >= 4 is 11.8 Å². The number of amidine groups is 1. The standard InChI is InChI=1S/C23H24N4O4/c1-13(2)30-20-9-6-14(10-15(20)11-24)23-26-22(27-31-23)18-5-3-4-17-16(18)7-8-19(17)25-12-21(28)29/h3-6,9-10,13,19,23,25H,7-8,12H2,1-2H3,(H,26,27)(H,28,29)/t19-,23?/m0/s1. The van der Waals surface area contributed by atoms with Gasteiger partial charge in [-0.15, -0.1) is 0 Å². The number of nitrogens with one attached hydrogen (secondary N) is 2. The van der Waals surface area contributed by atoms with E-state index in [9.17, 15) is 10.1 Å². The van der Waals surface area contributed by atoms with Crippen LogP contribution in [-0.4, -0.2) is 29.6 Å². The van der Waals surface area contributed by atoms with Gasteiger partial charge in [-0.1, -0.05) is 24.3 Å². The van der Waals surface area contributed by atoms with Gasteiger partial charge in [0.05, 0.1) is 18.2 Å². The van der Waals surface area contributed by atoms with Gasteiger partial charge in [0, 0.05) is 17.2 Å². The van der Waals surface area contributed by atoms with E-state index < -0.39 is 12.2 Å². The smallest absolute Gasteiger partial charge is 0.317 e.